The monoisotopic (exact) mass is 476 g/mol. The number of amides is 1. The normalized spacial score (nSPS) is 14.6. The molecule has 0 saturated carbocycles. The van der Waals surface area contributed by atoms with Crippen molar-refractivity contribution >= 4 is 39.2 Å². The molecule has 0 atom stereocenters. The number of nitrogens with one attached hydrogen (secondary N) is 1. The molecule has 176 valence electrons. The van der Waals surface area contributed by atoms with Crippen molar-refractivity contribution in [2.24, 2.45) is 7.05 Å². The van der Waals surface area contributed by atoms with Crippen LogP contribution in [-0.4, -0.2) is 68.3 Å². The van der Waals surface area contributed by atoms with Gasteiger partial charge in [0.05, 0.1) is 23.8 Å². The summed E-state index contributed by atoms with van der Waals surface area (Å²) in [6, 6.07) is 4.33. The van der Waals surface area contributed by atoms with Gasteiger partial charge in [-0.15, -0.1) is 11.3 Å². The first-order chi connectivity index (χ1) is 16.4. The molecule has 0 unspecified atom stereocenters. The predicted octanol–water partition coefficient (Wildman–Crippen LogP) is 3.17. The van der Waals surface area contributed by atoms with E-state index in [2.05, 4.69) is 68.1 Å². The predicted molar refractivity (Wildman–Crippen MR) is 135 cm³/mol. The zero-order valence-corrected chi connectivity index (χ0v) is 20.7. The first-order valence-electron chi connectivity index (χ1n) is 11.3. The van der Waals surface area contributed by atoms with Gasteiger partial charge in [0.25, 0.3) is 0 Å². The summed E-state index contributed by atoms with van der Waals surface area (Å²) in [6.45, 7) is 9.80. The van der Waals surface area contributed by atoms with Gasteiger partial charge in [0.1, 0.15) is 12.1 Å². The fraction of sp³-hybridized carbons (Fsp3) is 0.375. The average Bonchev–Trinajstić information content (AvgIpc) is 3.40. The van der Waals surface area contributed by atoms with E-state index in [1.807, 2.05) is 18.6 Å². The number of carbonyl (C=O) groups excluding carboxylic acids is 1. The highest BCUT2D eigenvalue weighted by Crippen LogP contribution is 2.31. The minimum Gasteiger partial charge on any atom is -0.353 e. The summed E-state index contributed by atoms with van der Waals surface area (Å²) >= 11 is 1.47. The molecule has 0 radical (unpaired) electrons. The van der Waals surface area contributed by atoms with Crippen molar-refractivity contribution in [2.75, 3.05) is 42.9 Å². The number of aryl methyl sites for hydroxylation is 4. The third kappa shape index (κ3) is 4.38. The van der Waals surface area contributed by atoms with E-state index >= 15 is 0 Å². The second kappa shape index (κ2) is 9.11. The Hall–Kier alpha value is -3.37. The lowest BCUT2D eigenvalue weighted by Crippen LogP contribution is -2.49. The maximum atomic E-state index is 12.7. The number of anilines is 2. The van der Waals surface area contributed by atoms with Crippen LogP contribution in [0, 0.1) is 20.8 Å². The topological polar surface area (TPSA) is 92.1 Å². The molecule has 0 aliphatic carbocycles. The molecule has 9 nitrogen and oxygen atoms in total. The number of thiazole rings is 1. The van der Waals surface area contributed by atoms with E-state index in [0.717, 1.165) is 54.3 Å². The Morgan fingerprint density at radius 1 is 1.09 bits per heavy atom. The number of hydrogen-bond acceptors (Lipinski definition) is 8. The second-order valence-corrected chi connectivity index (χ2v) is 9.68. The van der Waals surface area contributed by atoms with Crippen LogP contribution in [0.5, 0.6) is 0 Å². The molecule has 3 aromatic heterocycles. The van der Waals surface area contributed by atoms with Crippen LogP contribution >= 0.6 is 11.3 Å². The molecule has 0 bridgehead atoms. The number of hydrogen-bond donors (Lipinski definition) is 1. The van der Waals surface area contributed by atoms with Crippen LogP contribution < -0.4 is 10.2 Å². The molecule has 4 aromatic rings. The molecule has 34 heavy (non-hydrogen) atoms. The molecule has 10 heteroatoms. The van der Waals surface area contributed by atoms with Gasteiger partial charge < -0.3 is 10.2 Å². The molecule has 1 amide bonds. The molecule has 0 spiro atoms. The van der Waals surface area contributed by atoms with E-state index in [1.165, 1.54) is 28.0 Å². The molecule has 1 aliphatic heterocycles. The molecular formula is C24H28N8OS. The Kier molecular flexibility index (Phi) is 6.01. The van der Waals surface area contributed by atoms with Crippen molar-refractivity contribution in [1.29, 1.82) is 0 Å². The molecule has 1 N–H and O–H groups in total. The van der Waals surface area contributed by atoms with Crippen molar-refractivity contribution in [3.8, 4) is 11.3 Å². The van der Waals surface area contributed by atoms with Crippen LogP contribution in [0.4, 0.5) is 10.9 Å². The molecule has 1 aliphatic rings. The van der Waals surface area contributed by atoms with E-state index in [9.17, 15) is 4.79 Å². The summed E-state index contributed by atoms with van der Waals surface area (Å²) in [5.74, 6) is 0.864. The van der Waals surface area contributed by atoms with E-state index in [-0.39, 0.29) is 5.91 Å². The number of carbonyl (C=O) groups is 1. The van der Waals surface area contributed by atoms with Crippen LogP contribution in [-0.2, 0) is 11.8 Å². The summed E-state index contributed by atoms with van der Waals surface area (Å²) in [7, 11) is 1.88. The summed E-state index contributed by atoms with van der Waals surface area (Å²) in [5, 5.41) is 10.9. The number of aromatic nitrogens is 5. The summed E-state index contributed by atoms with van der Waals surface area (Å²) in [4.78, 5) is 30.6. The van der Waals surface area contributed by atoms with E-state index < -0.39 is 0 Å². The van der Waals surface area contributed by atoms with Gasteiger partial charge in [-0.3, -0.25) is 14.4 Å². The van der Waals surface area contributed by atoms with Crippen molar-refractivity contribution in [1.82, 2.24) is 29.6 Å². The van der Waals surface area contributed by atoms with Crippen LogP contribution in [0.15, 0.2) is 30.0 Å². The number of nitrogens with zero attached hydrogens (tertiary/aromatic N) is 7. The van der Waals surface area contributed by atoms with Crippen molar-refractivity contribution in [3.05, 3.63) is 46.7 Å². The van der Waals surface area contributed by atoms with Crippen molar-refractivity contribution in [3.63, 3.8) is 0 Å². The zero-order valence-electron chi connectivity index (χ0n) is 19.9. The van der Waals surface area contributed by atoms with Gasteiger partial charge in [0.15, 0.2) is 10.8 Å². The first-order valence-corrected chi connectivity index (χ1v) is 12.2. The highest BCUT2D eigenvalue weighted by molar-refractivity contribution is 7.14. The molecule has 4 heterocycles. The van der Waals surface area contributed by atoms with Gasteiger partial charge >= 0.3 is 0 Å². The molecule has 1 saturated heterocycles. The van der Waals surface area contributed by atoms with Gasteiger partial charge in [0, 0.05) is 44.2 Å². The Morgan fingerprint density at radius 2 is 1.82 bits per heavy atom. The minimum atomic E-state index is -0.0385. The fourth-order valence-corrected chi connectivity index (χ4v) is 5.43. The van der Waals surface area contributed by atoms with Crippen LogP contribution in [0.25, 0.3) is 22.3 Å². The minimum absolute atomic E-state index is 0.0385. The quantitative estimate of drug-likeness (QED) is 0.473. The Balaban J connectivity index is 1.18. The number of rotatable bonds is 5. The Bertz CT molecular complexity index is 1330. The smallest absolute Gasteiger partial charge is 0.240 e. The summed E-state index contributed by atoms with van der Waals surface area (Å²) in [6.07, 6.45) is 3.40. The van der Waals surface area contributed by atoms with Crippen molar-refractivity contribution in [2.45, 2.75) is 20.8 Å². The highest BCUT2D eigenvalue weighted by Gasteiger charge is 2.22. The largest absolute Gasteiger partial charge is 0.353 e. The van der Waals surface area contributed by atoms with E-state index in [4.69, 9.17) is 0 Å². The number of piperazine rings is 1. The third-order valence-electron chi connectivity index (χ3n) is 6.23. The standard InChI is InChI=1S/C24H28N8OS/c1-15-9-16(2)21(17(3)10-15)19-13-34-24(28-19)29-20(33)12-31-5-7-32(8-6-31)23-18-11-27-30(4)22(18)25-14-26-23/h9-11,13-14H,5-8,12H2,1-4H3,(H,28,29,33). The zero-order chi connectivity index (χ0) is 23.8. The van der Waals surface area contributed by atoms with Gasteiger partial charge in [-0.1, -0.05) is 17.7 Å². The Labute approximate surface area is 202 Å². The van der Waals surface area contributed by atoms with Gasteiger partial charge in [0.2, 0.25) is 5.91 Å². The summed E-state index contributed by atoms with van der Waals surface area (Å²) in [5.41, 5.74) is 6.52. The van der Waals surface area contributed by atoms with Crippen LogP contribution in [0.2, 0.25) is 0 Å². The summed E-state index contributed by atoms with van der Waals surface area (Å²) < 4.78 is 1.76. The lowest BCUT2D eigenvalue weighted by atomic mass is 9.98. The highest BCUT2D eigenvalue weighted by atomic mass is 32.1. The Morgan fingerprint density at radius 3 is 2.56 bits per heavy atom. The SMILES string of the molecule is Cc1cc(C)c(-c2csc(NC(=O)CN3CCN(c4ncnc5c4cnn5C)CC3)n2)c(C)c1. The lowest BCUT2D eigenvalue weighted by molar-refractivity contribution is -0.117. The van der Waals surface area contributed by atoms with Crippen molar-refractivity contribution < 1.29 is 4.79 Å². The van der Waals surface area contributed by atoms with Gasteiger partial charge in [-0.05, 0) is 31.9 Å². The second-order valence-electron chi connectivity index (χ2n) is 8.83. The molecule has 1 fully saturated rings. The van der Waals surface area contributed by atoms with Gasteiger partial charge in [-0.25, -0.2) is 15.0 Å². The molecule has 5 rings (SSSR count). The number of fused-ring (bicyclic) bond motifs is 1. The van der Waals surface area contributed by atoms with Crippen LogP contribution in [0.3, 0.4) is 0 Å². The van der Waals surface area contributed by atoms with E-state index in [0.29, 0.717) is 11.7 Å². The number of benzene rings is 1. The maximum absolute atomic E-state index is 12.7. The first kappa shape index (κ1) is 22.4. The average molecular weight is 477 g/mol. The lowest BCUT2D eigenvalue weighted by Gasteiger charge is -2.35. The third-order valence-corrected chi connectivity index (χ3v) is 6.99. The fourth-order valence-electron chi connectivity index (χ4n) is 4.71. The molecular weight excluding hydrogens is 448 g/mol. The van der Waals surface area contributed by atoms with Crippen LogP contribution in [0.1, 0.15) is 16.7 Å². The molecule has 1 aromatic carbocycles. The maximum Gasteiger partial charge on any atom is 0.240 e. The van der Waals surface area contributed by atoms with Gasteiger partial charge in [-0.2, -0.15) is 5.10 Å². The van der Waals surface area contributed by atoms with E-state index in [1.54, 1.807) is 11.0 Å².